The monoisotopic (exact) mass is 584 g/mol. The number of nitriles is 1. The maximum absolute atomic E-state index is 13.9. The number of H-pyrrole nitrogens is 1. The number of methoxy groups -OCH3 is 1. The molecule has 3 heterocycles. The number of hydrogen-bond donors (Lipinski definition) is 4. The van der Waals surface area contributed by atoms with Crippen molar-refractivity contribution in [3.63, 3.8) is 0 Å². The maximum Gasteiger partial charge on any atom is 0.223 e. The minimum Gasteiger partial charge on any atom is -0.496 e. The van der Waals surface area contributed by atoms with Crippen LogP contribution in [0.2, 0.25) is 0 Å². The summed E-state index contributed by atoms with van der Waals surface area (Å²) in [5.74, 6) is -0.598. The molecule has 4 atom stereocenters. The van der Waals surface area contributed by atoms with Gasteiger partial charge in [-0.25, -0.2) is 0 Å². The van der Waals surface area contributed by atoms with Gasteiger partial charge in [0.05, 0.1) is 24.9 Å². The van der Waals surface area contributed by atoms with E-state index in [4.69, 9.17) is 4.74 Å². The molecule has 1 aliphatic heterocycles. The van der Waals surface area contributed by atoms with Crippen molar-refractivity contribution in [3.8, 4) is 11.8 Å². The Morgan fingerprint density at radius 2 is 2.05 bits per heavy atom. The molecule has 3 aromatic rings. The number of nitrogens with one attached hydrogen (secondary N) is 4. The molecule has 1 unspecified atom stereocenters. The Morgan fingerprint density at radius 3 is 2.67 bits per heavy atom. The van der Waals surface area contributed by atoms with Crippen molar-refractivity contribution in [2.45, 2.75) is 70.0 Å². The fraction of sp³-hybridized carbons (Fsp3) is 0.485. The fourth-order valence-electron chi connectivity index (χ4n) is 6.20. The zero-order valence-corrected chi connectivity index (χ0v) is 25.0. The van der Waals surface area contributed by atoms with Gasteiger partial charge in [-0.05, 0) is 67.9 Å². The Bertz CT molecular complexity index is 1510. The first-order valence-corrected chi connectivity index (χ1v) is 15.1. The van der Waals surface area contributed by atoms with Gasteiger partial charge in [-0.2, -0.15) is 5.26 Å². The van der Waals surface area contributed by atoms with Crippen LogP contribution in [-0.2, 0) is 15.1 Å². The van der Waals surface area contributed by atoms with Gasteiger partial charge in [-0.3, -0.25) is 24.7 Å². The molecule has 10 nitrogen and oxygen atoms in total. The molecule has 43 heavy (non-hydrogen) atoms. The number of ether oxygens (including phenoxy) is 1. The first kappa shape index (κ1) is 30.2. The molecule has 1 saturated heterocycles. The minimum atomic E-state index is -0.739. The molecule has 0 radical (unpaired) electrons. The average Bonchev–Trinajstić information content (AvgIpc) is 3.47. The summed E-state index contributed by atoms with van der Waals surface area (Å²) in [5.41, 5.74) is 1.81. The summed E-state index contributed by atoms with van der Waals surface area (Å²) in [7, 11) is 1.59. The van der Waals surface area contributed by atoms with Crippen LogP contribution >= 0.6 is 0 Å². The van der Waals surface area contributed by atoms with E-state index < -0.39 is 18.0 Å². The van der Waals surface area contributed by atoms with Gasteiger partial charge in [-0.15, -0.1) is 0 Å². The minimum absolute atomic E-state index is 0.0139. The van der Waals surface area contributed by atoms with Gasteiger partial charge < -0.3 is 20.4 Å². The molecule has 226 valence electrons. The van der Waals surface area contributed by atoms with Crippen LogP contribution in [-0.4, -0.2) is 53.3 Å². The maximum atomic E-state index is 13.9. The number of amides is 2. The number of benzene rings is 1. The standard InChI is InChI=1S/C33H40N6O4/c1-20(2)14-22(16-29(40)27-17-24-25(37-27)7-4-8-30(24)43-3)32(42)38-26(15-21-9-13-36-31(21)41)28(18-34)39-33(10-11-33)23-6-5-12-35-19-23/h4-8,12,17,19-22,26,28,37,39H,9-11,13-16H2,1-3H3,(H,36,41)(H,38,42)/t21-,22+,26-,28?/m0/s1. The predicted octanol–water partition coefficient (Wildman–Crippen LogP) is 3.99. The van der Waals surface area contributed by atoms with Crippen molar-refractivity contribution in [2.24, 2.45) is 17.8 Å². The predicted molar refractivity (Wildman–Crippen MR) is 162 cm³/mol. The van der Waals surface area contributed by atoms with Gasteiger partial charge in [0.25, 0.3) is 0 Å². The van der Waals surface area contributed by atoms with Crippen LogP contribution in [0.4, 0.5) is 0 Å². The first-order chi connectivity index (χ1) is 20.7. The first-order valence-electron chi connectivity index (χ1n) is 15.1. The van der Waals surface area contributed by atoms with Crippen LogP contribution < -0.4 is 20.7 Å². The lowest BCUT2D eigenvalue weighted by Crippen LogP contribution is -2.54. The topological polar surface area (TPSA) is 149 Å². The Kier molecular flexibility index (Phi) is 9.11. The molecule has 2 amide bonds. The van der Waals surface area contributed by atoms with Crippen molar-refractivity contribution in [1.82, 2.24) is 25.9 Å². The van der Waals surface area contributed by atoms with Crippen molar-refractivity contribution < 1.29 is 19.1 Å². The second kappa shape index (κ2) is 13.0. The van der Waals surface area contributed by atoms with Crippen LogP contribution in [0, 0.1) is 29.1 Å². The molecule has 1 aliphatic carbocycles. The lowest BCUT2D eigenvalue weighted by molar-refractivity contribution is -0.127. The summed E-state index contributed by atoms with van der Waals surface area (Å²) in [6.07, 6.45) is 6.71. The Hall–Kier alpha value is -4.23. The molecule has 5 rings (SSSR count). The Balaban J connectivity index is 1.36. The summed E-state index contributed by atoms with van der Waals surface area (Å²) in [4.78, 5) is 47.4. The second-order valence-electron chi connectivity index (χ2n) is 12.3. The number of carbonyl (C=O) groups is 3. The van der Waals surface area contributed by atoms with Gasteiger partial charge in [0.2, 0.25) is 11.8 Å². The summed E-state index contributed by atoms with van der Waals surface area (Å²) in [6, 6.07) is 12.2. The van der Waals surface area contributed by atoms with Gasteiger partial charge in [0, 0.05) is 53.6 Å². The average molecular weight is 585 g/mol. The van der Waals surface area contributed by atoms with Crippen LogP contribution in [0.1, 0.15) is 68.4 Å². The summed E-state index contributed by atoms with van der Waals surface area (Å²) < 4.78 is 5.44. The lowest BCUT2D eigenvalue weighted by atomic mass is 9.89. The number of carbonyl (C=O) groups excluding carboxylic acids is 3. The molecule has 2 aliphatic rings. The van der Waals surface area contributed by atoms with E-state index >= 15 is 0 Å². The Morgan fingerprint density at radius 1 is 1.23 bits per heavy atom. The van der Waals surface area contributed by atoms with Crippen LogP contribution in [0.5, 0.6) is 5.75 Å². The molecule has 10 heteroatoms. The molecular formula is C33H40N6O4. The zero-order chi connectivity index (χ0) is 30.6. The third kappa shape index (κ3) is 6.89. The van der Waals surface area contributed by atoms with E-state index in [0.717, 1.165) is 29.3 Å². The van der Waals surface area contributed by atoms with Gasteiger partial charge >= 0.3 is 0 Å². The van der Waals surface area contributed by atoms with Crippen LogP contribution in [0.25, 0.3) is 10.9 Å². The van der Waals surface area contributed by atoms with E-state index in [2.05, 4.69) is 32.0 Å². The number of aromatic nitrogens is 2. The number of pyridine rings is 1. The SMILES string of the molecule is COc1cccc2[nH]c(C(=O)C[C@@H](CC(C)C)C(=O)N[C@@H](C[C@@H]3CCNC3=O)C(C#N)NC3(c4cccnc4)CC3)cc12. The van der Waals surface area contributed by atoms with Gasteiger partial charge in [-0.1, -0.05) is 26.0 Å². The lowest BCUT2D eigenvalue weighted by Gasteiger charge is -2.31. The van der Waals surface area contributed by atoms with E-state index in [-0.39, 0.29) is 41.4 Å². The van der Waals surface area contributed by atoms with Gasteiger partial charge in [0.1, 0.15) is 11.8 Å². The van der Waals surface area contributed by atoms with Crippen molar-refractivity contribution >= 4 is 28.5 Å². The number of aromatic amines is 1. The number of nitrogens with zero attached hydrogens (tertiary/aromatic N) is 2. The molecule has 0 bridgehead atoms. The summed E-state index contributed by atoms with van der Waals surface area (Å²) in [6.45, 7) is 4.61. The highest BCUT2D eigenvalue weighted by molar-refractivity contribution is 6.02. The molecule has 4 N–H and O–H groups in total. The third-order valence-corrected chi connectivity index (χ3v) is 8.67. The number of rotatable bonds is 14. The van der Waals surface area contributed by atoms with Crippen LogP contribution in [0.15, 0.2) is 48.8 Å². The zero-order valence-electron chi connectivity index (χ0n) is 25.0. The highest BCUT2D eigenvalue weighted by Crippen LogP contribution is 2.45. The fourth-order valence-corrected chi connectivity index (χ4v) is 6.20. The summed E-state index contributed by atoms with van der Waals surface area (Å²) in [5, 5.41) is 20.6. The van der Waals surface area contributed by atoms with E-state index in [9.17, 15) is 19.6 Å². The molecule has 2 aromatic heterocycles. The molecule has 2 fully saturated rings. The van der Waals surface area contributed by atoms with Crippen molar-refractivity contribution in [2.75, 3.05) is 13.7 Å². The van der Waals surface area contributed by atoms with E-state index in [1.807, 2.05) is 44.2 Å². The largest absolute Gasteiger partial charge is 0.496 e. The number of ketones is 1. The highest BCUT2D eigenvalue weighted by Gasteiger charge is 2.47. The van der Waals surface area contributed by atoms with Crippen molar-refractivity contribution in [3.05, 3.63) is 60.0 Å². The number of Topliss-reactive ketones (excluding diaryl/α,β-unsaturated/α-hetero) is 1. The van der Waals surface area contributed by atoms with Crippen molar-refractivity contribution in [1.29, 1.82) is 5.26 Å². The highest BCUT2D eigenvalue weighted by atomic mass is 16.5. The molecular weight excluding hydrogens is 544 g/mol. The third-order valence-electron chi connectivity index (χ3n) is 8.67. The second-order valence-corrected chi connectivity index (χ2v) is 12.3. The summed E-state index contributed by atoms with van der Waals surface area (Å²) >= 11 is 0. The van der Waals surface area contributed by atoms with E-state index in [0.29, 0.717) is 37.3 Å². The van der Waals surface area contributed by atoms with Gasteiger partial charge in [0.15, 0.2) is 5.78 Å². The normalized spacial score (nSPS) is 19.3. The van der Waals surface area contributed by atoms with Crippen LogP contribution in [0.3, 0.4) is 0 Å². The molecule has 1 saturated carbocycles. The smallest absolute Gasteiger partial charge is 0.223 e. The number of fused-ring (bicyclic) bond motifs is 1. The number of hydrogen-bond acceptors (Lipinski definition) is 7. The quantitative estimate of drug-likeness (QED) is 0.209. The van der Waals surface area contributed by atoms with E-state index in [1.165, 1.54) is 0 Å². The molecule has 0 spiro atoms. The van der Waals surface area contributed by atoms with E-state index in [1.54, 1.807) is 25.6 Å². The molecule has 1 aromatic carbocycles. The Labute approximate surface area is 252 Å².